The Kier molecular flexibility index (Phi) is 6.65. The third-order valence-corrected chi connectivity index (χ3v) is 5.77. The average Bonchev–Trinajstić information content (AvgIpc) is 3.05. The Morgan fingerprint density at radius 1 is 1.03 bits per heavy atom. The number of hydrogen-bond donors (Lipinski definition) is 1. The van der Waals surface area contributed by atoms with Gasteiger partial charge in [-0.25, -0.2) is 4.39 Å². The average molecular weight is 464 g/mol. The lowest BCUT2D eigenvalue weighted by molar-refractivity contribution is -0.124. The number of nitrogens with one attached hydrogen (secondary N) is 1. The lowest BCUT2D eigenvalue weighted by atomic mass is 10.1. The fourth-order valence-corrected chi connectivity index (χ4v) is 4.06. The van der Waals surface area contributed by atoms with E-state index in [-0.39, 0.29) is 18.2 Å². The van der Waals surface area contributed by atoms with Crippen molar-refractivity contribution in [1.29, 1.82) is 0 Å². The molecule has 3 aromatic rings. The fraction of sp³-hybridized carbons (Fsp3) is 0.160. The van der Waals surface area contributed by atoms with Gasteiger partial charge < -0.3 is 15.0 Å². The molecule has 33 heavy (non-hydrogen) atoms. The van der Waals surface area contributed by atoms with Gasteiger partial charge in [-0.05, 0) is 66.3 Å². The maximum atomic E-state index is 13.4. The molecule has 1 aliphatic heterocycles. The Morgan fingerprint density at radius 3 is 2.33 bits per heavy atom. The lowest BCUT2D eigenvalue weighted by Crippen LogP contribution is -2.37. The van der Waals surface area contributed by atoms with Gasteiger partial charge in [-0.1, -0.05) is 30.3 Å². The minimum atomic E-state index is -0.778. The van der Waals surface area contributed by atoms with Crippen LogP contribution in [0.25, 0.3) is 0 Å². The number of rotatable bonds is 7. The SMILES string of the molecule is COc1ccc(CN2C(=S)N(c3ccccc3)C(=O)C2CC(=O)Nc2ccc(F)cc2)cc1. The summed E-state index contributed by atoms with van der Waals surface area (Å²) in [6, 6.07) is 21.3. The molecule has 2 amide bonds. The summed E-state index contributed by atoms with van der Waals surface area (Å²) in [4.78, 5) is 29.4. The predicted octanol–water partition coefficient (Wildman–Crippen LogP) is 4.37. The van der Waals surface area contributed by atoms with Crippen LogP contribution in [0, 0.1) is 5.82 Å². The van der Waals surface area contributed by atoms with Crippen LogP contribution in [-0.4, -0.2) is 35.0 Å². The summed E-state index contributed by atoms with van der Waals surface area (Å²) in [5, 5.41) is 3.06. The number of halogens is 1. The zero-order chi connectivity index (χ0) is 23.4. The van der Waals surface area contributed by atoms with E-state index >= 15 is 0 Å². The first-order valence-corrected chi connectivity index (χ1v) is 10.7. The summed E-state index contributed by atoms with van der Waals surface area (Å²) < 4.78 is 18.4. The van der Waals surface area contributed by atoms with Crippen LogP contribution in [0.2, 0.25) is 0 Å². The molecule has 1 heterocycles. The number of anilines is 2. The summed E-state index contributed by atoms with van der Waals surface area (Å²) in [5.41, 5.74) is 2.02. The van der Waals surface area contributed by atoms with E-state index in [2.05, 4.69) is 5.32 Å². The van der Waals surface area contributed by atoms with Crippen molar-refractivity contribution in [2.75, 3.05) is 17.3 Å². The molecule has 0 bridgehead atoms. The fourth-order valence-electron chi connectivity index (χ4n) is 3.68. The number of carbonyl (C=O) groups is 2. The second-order valence-corrected chi connectivity index (χ2v) is 7.91. The number of ether oxygens (including phenoxy) is 1. The number of benzene rings is 3. The molecule has 0 aromatic heterocycles. The van der Waals surface area contributed by atoms with Crippen LogP contribution in [0.1, 0.15) is 12.0 Å². The zero-order valence-corrected chi connectivity index (χ0v) is 18.7. The molecule has 1 aliphatic rings. The van der Waals surface area contributed by atoms with Gasteiger partial charge in [0.25, 0.3) is 5.91 Å². The maximum absolute atomic E-state index is 13.4. The highest BCUT2D eigenvalue weighted by molar-refractivity contribution is 7.80. The van der Waals surface area contributed by atoms with Crippen molar-refractivity contribution in [3.8, 4) is 5.75 Å². The zero-order valence-electron chi connectivity index (χ0n) is 17.9. The van der Waals surface area contributed by atoms with Crippen LogP contribution >= 0.6 is 12.2 Å². The van der Waals surface area contributed by atoms with Crippen LogP contribution in [-0.2, 0) is 16.1 Å². The molecule has 1 atom stereocenters. The van der Waals surface area contributed by atoms with Crippen LogP contribution in [0.5, 0.6) is 5.75 Å². The van der Waals surface area contributed by atoms with Gasteiger partial charge in [-0.2, -0.15) is 0 Å². The molecule has 1 saturated heterocycles. The van der Waals surface area contributed by atoms with Gasteiger partial charge in [-0.15, -0.1) is 0 Å². The molecule has 3 aromatic carbocycles. The molecule has 1 unspecified atom stereocenters. The number of methoxy groups -OCH3 is 1. The predicted molar refractivity (Wildman–Crippen MR) is 128 cm³/mol. The number of nitrogens with zero attached hydrogens (tertiary/aromatic N) is 2. The van der Waals surface area contributed by atoms with Crippen molar-refractivity contribution in [1.82, 2.24) is 4.90 Å². The van der Waals surface area contributed by atoms with E-state index in [1.54, 1.807) is 24.1 Å². The van der Waals surface area contributed by atoms with Gasteiger partial charge in [0.15, 0.2) is 5.11 Å². The van der Waals surface area contributed by atoms with E-state index in [0.29, 0.717) is 23.0 Å². The molecule has 0 spiro atoms. The van der Waals surface area contributed by atoms with E-state index in [9.17, 15) is 14.0 Å². The highest BCUT2D eigenvalue weighted by Crippen LogP contribution is 2.29. The molecule has 0 saturated carbocycles. The Hall–Kier alpha value is -3.78. The molecule has 0 radical (unpaired) electrons. The lowest BCUT2D eigenvalue weighted by Gasteiger charge is -2.24. The van der Waals surface area contributed by atoms with Gasteiger partial charge in [-0.3, -0.25) is 14.5 Å². The second-order valence-electron chi connectivity index (χ2n) is 7.54. The van der Waals surface area contributed by atoms with Gasteiger partial charge in [0.05, 0.1) is 19.2 Å². The van der Waals surface area contributed by atoms with E-state index in [1.165, 1.54) is 29.2 Å². The smallest absolute Gasteiger partial charge is 0.256 e. The van der Waals surface area contributed by atoms with Crippen molar-refractivity contribution in [2.45, 2.75) is 19.0 Å². The van der Waals surface area contributed by atoms with Crippen LogP contribution < -0.4 is 15.0 Å². The monoisotopic (exact) mass is 463 g/mol. The highest BCUT2D eigenvalue weighted by atomic mass is 32.1. The normalized spacial score (nSPS) is 15.6. The molecule has 4 rings (SSSR count). The van der Waals surface area contributed by atoms with E-state index in [0.717, 1.165) is 11.3 Å². The van der Waals surface area contributed by atoms with Gasteiger partial charge in [0, 0.05) is 12.2 Å². The van der Waals surface area contributed by atoms with Gasteiger partial charge >= 0.3 is 0 Å². The molecule has 0 aliphatic carbocycles. The third kappa shape index (κ3) is 5.01. The van der Waals surface area contributed by atoms with Crippen molar-refractivity contribution in [2.24, 2.45) is 0 Å². The number of hydrogen-bond acceptors (Lipinski definition) is 4. The highest BCUT2D eigenvalue weighted by Gasteiger charge is 2.44. The van der Waals surface area contributed by atoms with Crippen LogP contribution in [0.15, 0.2) is 78.9 Å². The standard InChI is InChI=1S/C25H22FN3O3S/c1-32-21-13-7-17(8-14-21)16-28-22(15-23(30)27-19-11-9-18(26)10-12-19)24(31)29(25(28)33)20-5-3-2-4-6-20/h2-14,22H,15-16H2,1H3,(H,27,30). The van der Waals surface area contributed by atoms with E-state index in [1.807, 2.05) is 42.5 Å². The second kappa shape index (κ2) is 9.79. The summed E-state index contributed by atoms with van der Waals surface area (Å²) in [7, 11) is 1.59. The first kappa shape index (κ1) is 22.4. The molecular formula is C25H22FN3O3S. The number of carbonyl (C=O) groups excluding carboxylic acids is 2. The Balaban J connectivity index is 1.58. The molecule has 1 fully saturated rings. The molecule has 8 heteroatoms. The van der Waals surface area contributed by atoms with Gasteiger partial charge in [0.1, 0.15) is 17.6 Å². The summed E-state index contributed by atoms with van der Waals surface area (Å²) in [6.45, 7) is 0.354. The molecule has 168 valence electrons. The van der Waals surface area contributed by atoms with Crippen LogP contribution in [0.3, 0.4) is 0 Å². The van der Waals surface area contributed by atoms with Crippen molar-refractivity contribution >= 4 is 40.5 Å². The van der Waals surface area contributed by atoms with E-state index in [4.69, 9.17) is 17.0 Å². The minimum absolute atomic E-state index is 0.101. The van der Waals surface area contributed by atoms with Crippen molar-refractivity contribution in [3.63, 3.8) is 0 Å². The largest absolute Gasteiger partial charge is 0.497 e. The molecule has 1 N–H and O–H groups in total. The van der Waals surface area contributed by atoms with Crippen LogP contribution in [0.4, 0.5) is 15.8 Å². The maximum Gasteiger partial charge on any atom is 0.256 e. The number of para-hydroxylation sites is 1. The molecular weight excluding hydrogens is 441 g/mol. The summed E-state index contributed by atoms with van der Waals surface area (Å²) >= 11 is 5.68. The summed E-state index contributed by atoms with van der Waals surface area (Å²) in [6.07, 6.45) is -0.101. The Bertz CT molecular complexity index is 1150. The van der Waals surface area contributed by atoms with Crippen molar-refractivity contribution < 1.29 is 18.7 Å². The first-order chi connectivity index (χ1) is 16.0. The van der Waals surface area contributed by atoms with Crippen molar-refractivity contribution in [3.05, 3.63) is 90.2 Å². The molecule has 6 nitrogen and oxygen atoms in total. The quantitative estimate of drug-likeness (QED) is 0.528. The minimum Gasteiger partial charge on any atom is -0.497 e. The Labute approximate surface area is 196 Å². The Morgan fingerprint density at radius 2 is 1.70 bits per heavy atom. The third-order valence-electron chi connectivity index (χ3n) is 5.35. The topological polar surface area (TPSA) is 61.9 Å². The van der Waals surface area contributed by atoms with Gasteiger partial charge in [0.2, 0.25) is 5.91 Å². The number of thiocarbonyl (C=S) groups is 1. The first-order valence-electron chi connectivity index (χ1n) is 10.3. The number of amides is 2. The van der Waals surface area contributed by atoms with E-state index < -0.39 is 11.9 Å². The summed E-state index contributed by atoms with van der Waals surface area (Å²) in [5.74, 6) is -0.306.